The number of halogens is 1. The van der Waals surface area contributed by atoms with Crippen LogP contribution in [-0.4, -0.2) is 48.8 Å². The maximum absolute atomic E-state index is 11.5. The topological polar surface area (TPSA) is 64.5 Å². The molecule has 0 unspecified atom stereocenters. The van der Waals surface area contributed by atoms with E-state index in [4.69, 9.17) is 16.3 Å². The van der Waals surface area contributed by atoms with Gasteiger partial charge in [-0.05, 0) is 18.5 Å². The van der Waals surface area contributed by atoms with Crippen molar-refractivity contribution in [1.29, 1.82) is 0 Å². The number of hydrogen-bond acceptors (Lipinski definition) is 6. The van der Waals surface area contributed by atoms with Crippen molar-refractivity contribution < 1.29 is 14.3 Å². The molecule has 1 aromatic heterocycles. The van der Waals surface area contributed by atoms with Gasteiger partial charge >= 0.3 is 5.97 Å². The van der Waals surface area contributed by atoms with E-state index in [-0.39, 0.29) is 17.0 Å². The number of morpholine rings is 1. The summed E-state index contributed by atoms with van der Waals surface area (Å²) in [7, 11) is 1.30. The van der Waals surface area contributed by atoms with E-state index in [9.17, 15) is 4.79 Å². The second-order valence-corrected chi connectivity index (χ2v) is 4.33. The number of ether oxygens (including phenoxy) is 2. The molecule has 18 heavy (non-hydrogen) atoms. The van der Waals surface area contributed by atoms with Gasteiger partial charge in [0.2, 0.25) is 5.28 Å². The highest BCUT2D eigenvalue weighted by molar-refractivity contribution is 6.28. The zero-order chi connectivity index (χ0) is 13.1. The van der Waals surface area contributed by atoms with Crippen molar-refractivity contribution in [2.75, 3.05) is 31.8 Å². The molecular formula is C11H14ClN3O3. The average Bonchev–Trinajstić information content (AvgIpc) is 2.37. The lowest BCUT2D eigenvalue weighted by Gasteiger charge is -2.34. The summed E-state index contributed by atoms with van der Waals surface area (Å²) < 4.78 is 9.98. The lowest BCUT2D eigenvalue weighted by atomic mass is 10.2. The molecular weight excluding hydrogens is 258 g/mol. The normalized spacial score (nSPS) is 19.7. The molecule has 1 aliphatic heterocycles. The first-order chi connectivity index (χ1) is 8.61. The van der Waals surface area contributed by atoms with Gasteiger partial charge in [0.25, 0.3) is 0 Å². The first-order valence-corrected chi connectivity index (χ1v) is 5.97. The monoisotopic (exact) mass is 271 g/mol. The Morgan fingerprint density at radius 1 is 1.61 bits per heavy atom. The lowest BCUT2D eigenvalue weighted by Crippen LogP contribution is -2.44. The molecule has 0 spiro atoms. The number of methoxy groups -OCH3 is 1. The number of anilines is 1. The summed E-state index contributed by atoms with van der Waals surface area (Å²) in [6.07, 6.45) is 0. The molecule has 1 aliphatic rings. The molecule has 1 saturated heterocycles. The molecule has 2 heterocycles. The van der Waals surface area contributed by atoms with E-state index in [0.717, 1.165) is 0 Å². The summed E-state index contributed by atoms with van der Waals surface area (Å²) in [6.45, 7) is 3.97. The second-order valence-electron chi connectivity index (χ2n) is 3.99. The Morgan fingerprint density at radius 2 is 2.39 bits per heavy atom. The van der Waals surface area contributed by atoms with Gasteiger partial charge in [0.15, 0.2) is 5.69 Å². The van der Waals surface area contributed by atoms with Gasteiger partial charge in [0, 0.05) is 12.6 Å². The van der Waals surface area contributed by atoms with Crippen LogP contribution in [0.3, 0.4) is 0 Å². The van der Waals surface area contributed by atoms with E-state index in [1.54, 1.807) is 6.07 Å². The maximum Gasteiger partial charge on any atom is 0.356 e. The molecule has 1 atom stereocenters. The number of rotatable bonds is 2. The third-order valence-electron chi connectivity index (χ3n) is 2.74. The Hall–Kier alpha value is -1.40. The molecule has 1 fully saturated rings. The number of esters is 1. The van der Waals surface area contributed by atoms with Crippen LogP contribution in [0.4, 0.5) is 5.82 Å². The molecule has 6 nitrogen and oxygen atoms in total. The Bertz CT molecular complexity index is 455. The highest BCUT2D eigenvalue weighted by Crippen LogP contribution is 2.20. The van der Waals surface area contributed by atoms with Crippen LogP contribution in [0.1, 0.15) is 17.4 Å². The summed E-state index contributed by atoms with van der Waals surface area (Å²) >= 11 is 5.83. The van der Waals surface area contributed by atoms with Gasteiger partial charge in [-0.1, -0.05) is 0 Å². The summed E-state index contributed by atoms with van der Waals surface area (Å²) in [4.78, 5) is 21.5. The van der Waals surface area contributed by atoms with Crippen LogP contribution in [0.5, 0.6) is 0 Å². The Kier molecular flexibility index (Phi) is 3.98. The number of carbonyl (C=O) groups is 1. The third-order valence-corrected chi connectivity index (χ3v) is 2.91. The number of nitrogens with zero attached hydrogens (tertiary/aromatic N) is 3. The molecule has 1 aromatic rings. The second kappa shape index (κ2) is 5.49. The fourth-order valence-corrected chi connectivity index (χ4v) is 2.01. The van der Waals surface area contributed by atoms with Gasteiger partial charge in [0.05, 0.1) is 26.4 Å². The Balaban J connectivity index is 2.32. The lowest BCUT2D eigenvalue weighted by molar-refractivity contribution is 0.0593. The van der Waals surface area contributed by atoms with Crippen LogP contribution < -0.4 is 4.90 Å². The fraction of sp³-hybridized carbons (Fsp3) is 0.545. The van der Waals surface area contributed by atoms with E-state index in [0.29, 0.717) is 25.6 Å². The average molecular weight is 272 g/mol. The predicted molar refractivity (Wildman–Crippen MR) is 66.0 cm³/mol. The van der Waals surface area contributed by atoms with Gasteiger partial charge in [-0.3, -0.25) is 0 Å². The number of carbonyl (C=O) groups excluding carboxylic acids is 1. The quantitative estimate of drug-likeness (QED) is 0.594. The molecule has 0 amide bonds. The van der Waals surface area contributed by atoms with Crippen LogP contribution in [0, 0.1) is 0 Å². The summed E-state index contributed by atoms with van der Waals surface area (Å²) in [5.74, 6) is 0.0904. The van der Waals surface area contributed by atoms with Crippen LogP contribution in [0.2, 0.25) is 5.28 Å². The highest BCUT2D eigenvalue weighted by atomic mass is 35.5. The van der Waals surface area contributed by atoms with Crippen molar-refractivity contribution in [3.8, 4) is 0 Å². The standard InChI is InChI=1S/C11H14ClN3O3/c1-7-6-18-4-3-15(7)9-5-8(10(16)17-2)13-11(12)14-9/h5,7H,3-4,6H2,1-2H3/t7-/m0/s1. The third kappa shape index (κ3) is 2.70. The van der Waals surface area contributed by atoms with Gasteiger partial charge in [0.1, 0.15) is 5.82 Å². The van der Waals surface area contributed by atoms with Crippen molar-refractivity contribution in [2.24, 2.45) is 0 Å². The van der Waals surface area contributed by atoms with E-state index in [1.807, 2.05) is 11.8 Å². The van der Waals surface area contributed by atoms with Crippen LogP contribution in [0.25, 0.3) is 0 Å². The van der Waals surface area contributed by atoms with Crippen molar-refractivity contribution in [1.82, 2.24) is 9.97 Å². The molecule has 0 bridgehead atoms. The van der Waals surface area contributed by atoms with Gasteiger partial charge in [-0.2, -0.15) is 0 Å². The number of aromatic nitrogens is 2. The van der Waals surface area contributed by atoms with Gasteiger partial charge in [-0.25, -0.2) is 14.8 Å². The highest BCUT2D eigenvalue weighted by Gasteiger charge is 2.22. The minimum atomic E-state index is -0.526. The molecule has 2 rings (SSSR count). The molecule has 0 aliphatic carbocycles. The zero-order valence-corrected chi connectivity index (χ0v) is 11.0. The van der Waals surface area contributed by atoms with Crippen molar-refractivity contribution in [3.05, 3.63) is 17.0 Å². The molecule has 0 N–H and O–H groups in total. The Morgan fingerprint density at radius 3 is 3.06 bits per heavy atom. The molecule has 98 valence electrons. The van der Waals surface area contributed by atoms with E-state index < -0.39 is 5.97 Å². The maximum atomic E-state index is 11.5. The minimum absolute atomic E-state index is 0.0339. The first-order valence-electron chi connectivity index (χ1n) is 5.59. The van der Waals surface area contributed by atoms with Crippen LogP contribution in [0.15, 0.2) is 6.07 Å². The molecule has 0 radical (unpaired) electrons. The van der Waals surface area contributed by atoms with Gasteiger partial charge in [-0.15, -0.1) is 0 Å². The molecule has 7 heteroatoms. The first kappa shape index (κ1) is 13.0. The van der Waals surface area contributed by atoms with Crippen molar-refractivity contribution in [2.45, 2.75) is 13.0 Å². The van der Waals surface area contributed by atoms with E-state index in [2.05, 4.69) is 14.7 Å². The van der Waals surface area contributed by atoms with E-state index >= 15 is 0 Å². The Labute approximate surface area is 110 Å². The van der Waals surface area contributed by atoms with E-state index in [1.165, 1.54) is 7.11 Å². The van der Waals surface area contributed by atoms with Gasteiger partial charge < -0.3 is 14.4 Å². The molecule has 0 saturated carbocycles. The summed E-state index contributed by atoms with van der Waals surface area (Å²) in [6, 6.07) is 1.76. The number of hydrogen-bond donors (Lipinski definition) is 0. The summed E-state index contributed by atoms with van der Waals surface area (Å²) in [5, 5.41) is 0.0339. The van der Waals surface area contributed by atoms with Crippen LogP contribution in [-0.2, 0) is 9.47 Å². The predicted octanol–water partition coefficient (Wildman–Crippen LogP) is 1.14. The minimum Gasteiger partial charge on any atom is -0.464 e. The van der Waals surface area contributed by atoms with Crippen molar-refractivity contribution in [3.63, 3.8) is 0 Å². The fourth-order valence-electron chi connectivity index (χ4n) is 1.83. The smallest absolute Gasteiger partial charge is 0.356 e. The van der Waals surface area contributed by atoms with Crippen molar-refractivity contribution >= 4 is 23.4 Å². The van der Waals surface area contributed by atoms with Crippen LogP contribution >= 0.6 is 11.6 Å². The largest absolute Gasteiger partial charge is 0.464 e. The zero-order valence-electron chi connectivity index (χ0n) is 10.2. The SMILES string of the molecule is COC(=O)c1cc(N2CCOC[C@@H]2C)nc(Cl)n1. The molecule has 0 aromatic carbocycles. The summed E-state index contributed by atoms with van der Waals surface area (Å²) in [5.41, 5.74) is 0.159.